The van der Waals surface area contributed by atoms with Gasteiger partial charge in [-0.25, -0.2) is 8.42 Å². The van der Waals surface area contributed by atoms with Crippen molar-refractivity contribution in [3.8, 4) is 0 Å². The maximum Gasteiger partial charge on any atom is 0.243 e. The molecule has 2 saturated heterocycles. The number of carbonyl (C=O) groups excluding carboxylic acids is 1. The molecule has 3 aliphatic rings. The zero-order chi connectivity index (χ0) is 21.0. The quantitative estimate of drug-likeness (QED) is 0.750. The number of amides is 1. The van der Waals surface area contributed by atoms with E-state index in [0.29, 0.717) is 36.9 Å². The van der Waals surface area contributed by atoms with Gasteiger partial charge in [0.2, 0.25) is 15.9 Å². The van der Waals surface area contributed by atoms with Crippen LogP contribution in [0.3, 0.4) is 0 Å². The van der Waals surface area contributed by atoms with Crippen LogP contribution in [0.15, 0.2) is 29.2 Å². The van der Waals surface area contributed by atoms with Gasteiger partial charge in [-0.1, -0.05) is 38.5 Å². The lowest BCUT2D eigenvalue weighted by atomic mass is 9.65. The summed E-state index contributed by atoms with van der Waals surface area (Å²) in [6.07, 6.45) is 4.60. The molecule has 0 spiro atoms. The van der Waals surface area contributed by atoms with Crippen LogP contribution in [0, 0.1) is 23.7 Å². The van der Waals surface area contributed by atoms with Crippen LogP contribution in [-0.2, 0) is 14.8 Å². The van der Waals surface area contributed by atoms with Gasteiger partial charge >= 0.3 is 0 Å². The van der Waals surface area contributed by atoms with Crippen molar-refractivity contribution in [3.63, 3.8) is 0 Å². The van der Waals surface area contributed by atoms with Crippen LogP contribution < -0.4 is 0 Å². The van der Waals surface area contributed by atoms with Crippen molar-refractivity contribution in [2.75, 3.05) is 19.6 Å². The zero-order valence-corrected chi connectivity index (χ0v) is 19.0. The van der Waals surface area contributed by atoms with Crippen LogP contribution in [0.2, 0.25) is 0 Å². The molecule has 6 heteroatoms. The molecule has 1 saturated carbocycles. The Labute approximate surface area is 175 Å². The molecular weight excluding hydrogens is 384 g/mol. The van der Waals surface area contributed by atoms with Crippen LogP contribution in [-0.4, -0.2) is 49.2 Å². The van der Waals surface area contributed by atoms with E-state index in [9.17, 15) is 13.2 Å². The van der Waals surface area contributed by atoms with Crippen molar-refractivity contribution >= 4 is 15.9 Å². The van der Waals surface area contributed by atoms with Crippen molar-refractivity contribution in [2.45, 2.75) is 70.7 Å². The third kappa shape index (κ3) is 3.98. The standard InChI is InChI=1S/C23H34N2O3S/c1-17-5-7-20(8-6-17)29(27,28)24-11-9-18(10-12-24)21(26)25-16-23(4)14-19(25)13-22(2,3)15-23/h5-8,18-19H,9-16H2,1-4H3/t19-,23-/m1/s1. The number of hydrogen-bond acceptors (Lipinski definition) is 3. The fraction of sp³-hybridized carbons (Fsp3) is 0.696. The van der Waals surface area contributed by atoms with E-state index in [4.69, 9.17) is 0 Å². The molecule has 0 N–H and O–H groups in total. The molecule has 0 aromatic heterocycles. The lowest BCUT2D eigenvalue weighted by Crippen LogP contribution is -2.46. The molecule has 0 radical (unpaired) electrons. The van der Waals surface area contributed by atoms with Crippen molar-refractivity contribution in [1.82, 2.24) is 9.21 Å². The summed E-state index contributed by atoms with van der Waals surface area (Å²) in [5, 5.41) is 0. The van der Waals surface area contributed by atoms with Gasteiger partial charge in [0.05, 0.1) is 4.90 Å². The maximum atomic E-state index is 13.3. The number of hydrogen-bond donors (Lipinski definition) is 0. The normalized spacial score (nSPS) is 30.5. The second-order valence-corrected chi connectivity index (χ2v) is 12.6. The van der Waals surface area contributed by atoms with Gasteiger partial charge < -0.3 is 4.90 Å². The maximum absolute atomic E-state index is 13.3. The van der Waals surface area contributed by atoms with Gasteiger partial charge in [0.1, 0.15) is 0 Å². The first-order chi connectivity index (χ1) is 13.5. The Kier molecular flexibility index (Phi) is 5.10. The summed E-state index contributed by atoms with van der Waals surface area (Å²) < 4.78 is 27.4. The molecule has 1 aromatic rings. The van der Waals surface area contributed by atoms with Crippen molar-refractivity contribution in [2.24, 2.45) is 16.7 Å². The van der Waals surface area contributed by atoms with Gasteiger partial charge in [-0.3, -0.25) is 4.79 Å². The minimum atomic E-state index is -3.48. The second-order valence-electron chi connectivity index (χ2n) is 10.7. The topological polar surface area (TPSA) is 57.7 Å². The average Bonchev–Trinajstić information content (AvgIpc) is 2.90. The van der Waals surface area contributed by atoms with E-state index in [1.807, 2.05) is 19.1 Å². The van der Waals surface area contributed by atoms with Gasteiger partial charge in [-0.05, 0) is 62.0 Å². The smallest absolute Gasteiger partial charge is 0.243 e. The number of likely N-dealkylation sites (tertiary alicyclic amines) is 1. The lowest BCUT2D eigenvalue weighted by molar-refractivity contribution is -0.138. The SMILES string of the molecule is Cc1ccc(S(=O)(=O)N2CCC(C(=O)N3C[C@]4(C)C[C@H]3CC(C)(C)C4)CC2)cc1. The van der Waals surface area contributed by atoms with Crippen LogP contribution in [0.5, 0.6) is 0 Å². The predicted octanol–water partition coefficient (Wildman–Crippen LogP) is 3.82. The molecule has 29 heavy (non-hydrogen) atoms. The Hall–Kier alpha value is -1.40. The van der Waals surface area contributed by atoms with Crippen LogP contribution in [0.4, 0.5) is 0 Å². The minimum absolute atomic E-state index is 0.0504. The highest BCUT2D eigenvalue weighted by Gasteiger charge is 2.51. The molecule has 5 nitrogen and oxygen atoms in total. The highest BCUT2D eigenvalue weighted by molar-refractivity contribution is 7.89. The number of carbonyl (C=O) groups is 1. The molecular formula is C23H34N2O3S. The molecule has 1 aliphatic carbocycles. The van der Waals surface area contributed by atoms with Crippen LogP contribution >= 0.6 is 0 Å². The van der Waals surface area contributed by atoms with Crippen LogP contribution in [0.1, 0.15) is 58.4 Å². The van der Waals surface area contributed by atoms with E-state index in [-0.39, 0.29) is 22.7 Å². The van der Waals surface area contributed by atoms with E-state index < -0.39 is 10.0 Å². The number of nitrogens with zero attached hydrogens (tertiary/aromatic N) is 2. The largest absolute Gasteiger partial charge is 0.339 e. The lowest BCUT2D eigenvalue weighted by Gasteiger charge is -2.40. The summed E-state index contributed by atoms with van der Waals surface area (Å²) in [5.74, 6) is 0.203. The van der Waals surface area contributed by atoms with Crippen molar-refractivity contribution in [3.05, 3.63) is 29.8 Å². The Morgan fingerprint density at radius 2 is 1.66 bits per heavy atom. The number of fused-ring (bicyclic) bond motifs is 2. The zero-order valence-electron chi connectivity index (χ0n) is 18.1. The molecule has 1 amide bonds. The van der Waals surface area contributed by atoms with Gasteiger partial charge in [0.25, 0.3) is 0 Å². The average molecular weight is 419 g/mol. The summed E-state index contributed by atoms with van der Waals surface area (Å²) >= 11 is 0. The molecule has 3 fully saturated rings. The number of benzene rings is 1. The van der Waals surface area contributed by atoms with Crippen LogP contribution in [0.25, 0.3) is 0 Å². The summed E-state index contributed by atoms with van der Waals surface area (Å²) in [7, 11) is -3.48. The van der Waals surface area contributed by atoms with E-state index in [1.165, 1.54) is 6.42 Å². The summed E-state index contributed by atoms with van der Waals surface area (Å²) in [6, 6.07) is 7.36. The highest BCUT2D eigenvalue weighted by Crippen LogP contribution is 2.52. The fourth-order valence-electron chi connectivity index (χ4n) is 6.15. The van der Waals surface area contributed by atoms with E-state index in [2.05, 4.69) is 25.7 Å². The molecule has 2 heterocycles. The van der Waals surface area contributed by atoms with Gasteiger partial charge in [-0.15, -0.1) is 0 Å². The number of rotatable bonds is 3. The fourth-order valence-corrected chi connectivity index (χ4v) is 7.62. The first-order valence-electron chi connectivity index (χ1n) is 10.9. The van der Waals surface area contributed by atoms with Gasteiger partial charge in [-0.2, -0.15) is 4.31 Å². The molecule has 2 aliphatic heterocycles. The second kappa shape index (κ2) is 7.09. The highest BCUT2D eigenvalue weighted by atomic mass is 32.2. The Morgan fingerprint density at radius 3 is 2.28 bits per heavy atom. The molecule has 160 valence electrons. The van der Waals surface area contributed by atoms with E-state index >= 15 is 0 Å². The molecule has 1 aromatic carbocycles. The summed E-state index contributed by atoms with van der Waals surface area (Å²) in [6.45, 7) is 10.6. The predicted molar refractivity (Wildman–Crippen MR) is 114 cm³/mol. The Morgan fingerprint density at radius 1 is 1.03 bits per heavy atom. The summed E-state index contributed by atoms with van der Waals surface area (Å²) in [5.41, 5.74) is 1.57. The first-order valence-corrected chi connectivity index (χ1v) is 12.3. The van der Waals surface area contributed by atoms with Crippen molar-refractivity contribution < 1.29 is 13.2 Å². The van der Waals surface area contributed by atoms with E-state index in [0.717, 1.165) is 24.9 Å². The van der Waals surface area contributed by atoms with Crippen molar-refractivity contribution in [1.29, 1.82) is 0 Å². The van der Waals surface area contributed by atoms with Gasteiger partial charge in [0, 0.05) is 31.6 Å². The summed E-state index contributed by atoms with van der Waals surface area (Å²) in [4.78, 5) is 15.8. The van der Waals surface area contributed by atoms with E-state index in [1.54, 1.807) is 16.4 Å². The number of aryl methyl sites for hydroxylation is 1. The molecule has 0 unspecified atom stereocenters. The number of piperidine rings is 1. The molecule has 2 bridgehead atoms. The first kappa shape index (κ1) is 20.9. The Balaban J connectivity index is 1.41. The third-order valence-electron chi connectivity index (χ3n) is 7.16. The molecule has 2 atom stereocenters. The third-order valence-corrected chi connectivity index (χ3v) is 9.07. The number of sulfonamides is 1. The Bertz CT molecular complexity index is 885. The monoisotopic (exact) mass is 418 g/mol. The minimum Gasteiger partial charge on any atom is -0.339 e. The molecule has 4 rings (SSSR count). The van der Waals surface area contributed by atoms with Gasteiger partial charge in [0.15, 0.2) is 0 Å².